The largest absolute Gasteiger partial charge is 0.493 e. The van der Waals surface area contributed by atoms with E-state index in [-0.39, 0.29) is 5.91 Å². The first-order valence-corrected chi connectivity index (χ1v) is 10.9. The standard InChI is InChI=1S/C25H32N2O2/c1-19(17-27-15-13-21(14-16-27)20-7-4-3-5-8-20)18-29-24-10-6-9-23-22(24)11-12-25(28)26(23)2/h3-10,19,21H,11-18H2,1-2H3. The third-order valence-corrected chi connectivity index (χ3v) is 6.38. The summed E-state index contributed by atoms with van der Waals surface area (Å²) < 4.78 is 6.22. The monoisotopic (exact) mass is 392 g/mol. The summed E-state index contributed by atoms with van der Waals surface area (Å²) in [5.74, 6) is 2.30. The van der Waals surface area contributed by atoms with Crippen LogP contribution in [0.25, 0.3) is 0 Å². The molecule has 2 aromatic carbocycles. The SMILES string of the molecule is CC(COc1cccc2c1CCC(=O)N2C)CN1CCC(c2ccccc2)CC1. The maximum Gasteiger partial charge on any atom is 0.227 e. The summed E-state index contributed by atoms with van der Waals surface area (Å²) in [5.41, 5.74) is 3.65. The lowest BCUT2D eigenvalue weighted by molar-refractivity contribution is -0.118. The zero-order chi connectivity index (χ0) is 20.2. The molecule has 1 amide bonds. The van der Waals surface area contributed by atoms with Crippen molar-refractivity contribution in [2.45, 2.75) is 38.5 Å². The van der Waals surface area contributed by atoms with Crippen LogP contribution >= 0.6 is 0 Å². The second kappa shape index (κ2) is 9.00. The summed E-state index contributed by atoms with van der Waals surface area (Å²) in [7, 11) is 1.85. The van der Waals surface area contributed by atoms with Gasteiger partial charge in [0.25, 0.3) is 0 Å². The van der Waals surface area contributed by atoms with Gasteiger partial charge in [0, 0.05) is 31.5 Å². The van der Waals surface area contributed by atoms with Crippen LogP contribution in [-0.2, 0) is 11.2 Å². The highest BCUT2D eigenvalue weighted by atomic mass is 16.5. The van der Waals surface area contributed by atoms with E-state index < -0.39 is 0 Å². The van der Waals surface area contributed by atoms with E-state index >= 15 is 0 Å². The number of nitrogens with zero attached hydrogens (tertiary/aromatic N) is 2. The molecule has 2 heterocycles. The van der Waals surface area contributed by atoms with Crippen LogP contribution in [0.15, 0.2) is 48.5 Å². The average Bonchev–Trinajstić information content (AvgIpc) is 2.76. The van der Waals surface area contributed by atoms with Crippen LogP contribution in [0, 0.1) is 5.92 Å². The number of fused-ring (bicyclic) bond motifs is 1. The Morgan fingerprint density at radius 2 is 1.79 bits per heavy atom. The van der Waals surface area contributed by atoms with Crippen LogP contribution in [0.1, 0.15) is 43.2 Å². The lowest BCUT2D eigenvalue weighted by Crippen LogP contribution is -2.37. The summed E-state index contributed by atoms with van der Waals surface area (Å²) in [6.07, 6.45) is 3.82. The van der Waals surface area contributed by atoms with E-state index in [1.165, 1.54) is 24.0 Å². The molecular formula is C25H32N2O2. The predicted molar refractivity (Wildman–Crippen MR) is 118 cm³/mol. The zero-order valence-corrected chi connectivity index (χ0v) is 17.6. The Labute approximate surface area is 174 Å². The highest BCUT2D eigenvalue weighted by Gasteiger charge is 2.24. The van der Waals surface area contributed by atoms with E-state index in [9.17, 15) is 4.79 Å². The molecule has 0 saturated carbocycles. The van der Waals surface area contributed by atoms with E-state index in [4.69, 9.17) is 4.74 Å². The minimum atomic E-state index is 0.182. The molecule has 154 valence electrons. The molecule has 2 aliphatic rings. The molecule has 4 nitrogen and oxygen atoms in total. The molecule has 4 rings (SSSR count). The summed E-state index contributed by atoms with van der Waals surface area (Å²) in [6, 6.07) is 17.0. The molecule has 0 aromatic heterocycles. The van der Waals surface area contributed by atoms with Gasteiger partial charge in [-0.25, -0.2) is 0 Å². The maximum atomic E-state index is 11.9. The average molecular weight is 393 g/mol. The van der Waals surface area contributed by atoms with Crippen LogP contribution in [-0.4, -0.2) is 44.1 Å². The third kappa shape index (κ3) is 4.64. The minimum absolute atomic E-state index is 0.182. The maximum absolute atomic E-state index is 11.9. The van der Waals surface area contributed by atoms with Crippen molar-refractivity contribution in [1.29, 1.82) is 0 Å². The molecule has 2 aliphatic heterocycles. The first-order valence-electron chi connectivity index (χ1n) is 10.9. The fourth-order valence-electron chi connectivity index (χ4n) is 4.69. The highest BCUT2D eigenvalue weighted by Crippen LogP contribution is 2.34. The Balaban J connectivity index is 1.27. The number of hydrogen-bond donors (Lipinski definition) is 0. The molecule has 1 unspecified atom stereocenters. The molecule has 0 N–H and O–H groups in total. The van der Waals surface area contributed by atoms with Crippen LogP contribution in [0.2, 0.25) is 0 Å². The number of piperidine rings is 1. The van der Waals surface area contributed by atoms with Crippen molar-refractivity contribution in [3.05, 3.63) is 59.7 Å². The van der Waals surface area contributed by atoms with E-state index in [2.05, 4.69) is 42.2 Å². The van der Waals surface area contributed by atoms with Crippen molar-refractivity contribution in [3.63, 3.8) is 0 Å². The summed E-state index contributed by atoms with van der Waals surface area (Å²) >= 11 is 0. The number of rotatable bonds is 6. The molecule has 29 heavy (non-hydrogen) atoms. The van der Waals surface area contributed by atoms with Crippen LogP contribution < -0.4 is 9.64 Å². The van der Waals surface area contributed by atoms with Gasteiger partial charge in [-0.1, -0.05) is 43.3 Å². The number of carbonyl (C=O) groups is 1. The fraction of sp³-hybridized carbons (Fsp3) is 0.480. The molecule has 1 saturated heterocycles. The Morgan fingerprint density at radius 1 is 1.03 bits per heavy atom. The highest BCUT2D eigenvalue weighted by molar-refractivity contribution is 5.96. The lowest BCUT2D eigenvalue weighted by Gasteiger charge is -2.34. The first kappa shape index (κ1) is 20.0. The van der Waals surface area contributed by atoms with Gasteiger partial charge in [0.05, 0.1) is 12.3 Å². The third-order valence-electron chi connectivity index (χ3n) is 6.38. The second-order valence-electron chi connectivity index (χ2n) is 8.61. The topological polar surface area (TPSA) is 32.8 Å². The number of anilines is 1. The number of hydrogen-bond acceptors (Lipinski definition) is 3. The number of ether oxygens (including phenoxy) is 1. The van der Waals surface area contributed by atoms with Gasteiger partial charge in [0.15, 0.2) is 0 Å². The van der Waals surface area contributed by atoms with Crippen molar-refractivity contribution in [3.8, 4) is 5.75 Å². The van der Waals surface area contributed by atoms with Gasteiger partial charge in [-0.15, -0.1) is 0 Å². The van der Waals surface area contributed by atoms with E-state index in [0.29, 0.717) is 24.9 Å². The first-order chi connectivity index (χ1) is 14.1. The zero-order valence-electron chi connectivity index (χ0n) is 17.6. The van der Waals surface area contributed by atoms with Gasteiger partial charge in [-0.2, -0.15) is 0 Å². The van der Waals surface area contributed by atoms with Crippen molar-refractivity contribution in [2.24, 2.45) is 5.92 Å². The number of benzene rings is 2. The Kier molecular flexibility index (Phi) is 6.19. The van der Waals surface area contributed by atoms with Crippen molar-refractivity contribution in [2.75, 3.05) is 38.2 Å². The molecule has 0 bridgehead atoms. The normalized spacial score (nSPS) is 19.1. The molecular weight excluding hydrogens is 360 g/mol. The molecule has 0 spiro atoms. The lowest BCUT2D eigenvalue weighted by atomic mass is 9.89. The summed E-state index contributed by atoms with van der Waals surface area (Å²) in [5, 5.41) is 0. The van der Waals surface area contributed by atoms with Gasteiger partial charge in [0.1, 0.15) is 5.75 Å². The minimum Gasteiger partial charge on any atom is -0.493 e. The van der Waals surface area contributed by atoms with Gasteiger partial charge in [0.2, 0.25) is 5.91 Å². The van der Waals surface area contributed by atoms with E-state index in [0.717, 1.165) is 37.5 Å². The van der Waals surface area contributed by atoms with Gasteiger partial charge >= 0.3 is 0 Å². The fourth-order valence-corrected chi connectivity index (χ4v) is 4.69. The van der Waals surface area contributed by atoms with Crippen LogP contribution in [0.5, 0.6) is 5.75 Å². The quantitative estimate of drug-likeness (QED) is 0.726. The van der Waals surface area contributed by atoms with Crippen LogP contribution in [0.4, 0.5) is 5.69 Å². The molecule has 1 atom stereocenters. The van der Waals surface area contributed by atoms with E-state index in [1.807, 2.05) is 25.2 Å². The van der Waals surface area contributed by atoms with Gasteiger partial charge < -0.3 is 14.5 Å². The van der Waals surface area contributed by atoms with Crippen molar-refractivity contribution >= 4 is 11.6 Å². The number of likely N-dealkylation sites (tertiary alicyclic amines) is 1. The van der Waals surface area contributed by atoms with Gasteiger partial charge in [-0.05, 0) is 56.0 Å². The Bertz CT molecular complexity index is 828. The summed E-state index contributed by atoms with van der Waals surface area (Å²) in [6.45, 7) is 6.39. The molecule has 1 fully saturated rings. The van der Waals surface area contributed by atoms with Crippen LogP contribution in [0.3, 0.4) is 0 Å². The Hall–Kier alpha value is -2.33. The number of carbonyl (C=O) groups excluding carboxylic acids is 1. The smallest absolute Gasteiger partial charge is 0.227 e. The molecule has 0 radical (unpaired) electrons. The van der Waals surface area contributed by atoms with Gasteiger partial charge in [-0.3, -0.25) is 4.79 Å². The van der Waals surface area contributed by atoms with Crippen molar-refractivity contribution < 1.29 is 9.53 Å². The molecule has 2 aromatic rings. The Morgan fingerprint density at radius 3 is 2.55 bits per heavy atom. The molecule has 4 heteroatoms. The number of amides is 1. The molecule has 0 aliphatic carbocycles. The van der Waals surface area contributed by atoms with Crippen molar-refractivity contribution in [1.82, 2.24) is 4.90 Å². The second-order valence-corrected chi connectivity index (χ2v) is 8.61. The predicted octanol–water partition coefficient (Wildman–Crippen LogP) is 4.49. The summed E-state index contributed by atoms with van der Waals surface area (Å²) in [4.78, 5) is 16.3. The van der Waals surface area contributed by atoms with E-state index in [1.54, 1.807) is 4.90 Å².